The van der Waals surface area contributed by atoms with Crippen molar-refractivity contribution in [1.82, 2.24) is 19.6 Å². The van der Waals surface area contributed by atoms with E-state index in [1.807, 2.05) is 13.8 Å². The molecule has 0 spiro atoms. The molecule has 0 atom stereocenters. The smallest absolute Gasteiger partial charge is 0.252 e. The van der Waals surface area contributed by atoms with Crippen molar-refractivity contribution in [2.24, 2.45) is 5.73 Å². The fraction of sp³-hybridized carbons (Fsp3) is 0.444. The molecule has 0 aromatic carbocycles. The molecule has 5 heteroatoms. The summed E-state index contributed by atoms with van der Waals surface area (Å²) in [7, 11) is 0. The number of hydrogen-bond acceptors (Lipinski definition) is 4. The number of rotatable bonds is 2. The van der Waals surface area contributed by atoms with Gasteiger partial charge in [0.2, 0.25) is 0 Å². The van der Waals surface area contributed by atoms with Gasteiger partial charge in [-0.05, 0) is 32.4 Å². The van der Waals surface area contributed by atoms with Crippen LogP contribution in [0.25, 0.3) is 5.78 Å². The van der Waals surface area contributed by atoms with E-state index in [0.29, 0.717) is 12.3 Å². The van der Waals surface area contributed by atoms with E-state index in [4.69, 9.17) is 5.73 Å². The molecular weight excluding hydrogens is 178 g/mol. The summed E-state index contributed by atoms with van der Waals surface area (Å²) in [5.41, 5.74) is 8.79. The van der Waals surface area contributed by atoms with Crippen molar-refractivity contribution < 1.29 is 0 Å². The van der Waals surface area contributed by atoms with Crippen LogP contribution in [0.2, 0.25) is 0 Å². The van der Waals surface area contributed by atoms with Gasteiger partial charge in [0, 0.05) is 11.4 Å². The molecule has 0 aliphatic heterocycles. The Balaban J connectivity index is 2.69. The molecule has 0 saturated heterocycles. The Labute approximate surface area is 82.0 Å². The van der Waals surface area contributed by atoms with Gasteiger partial charge >= 0.3 is 0 Å². The van der Waals surface area contributed by atoms with Crippen molar-refractivity contribution in [2.45, 2.75) is 20.3 Å². The van der Waals surface area contributed by atoms with Crippen LogP contribution in [-0.2, 0) is 6.42 Å². The summed E-state index contributed by atoms with van der Waals surface area (Å²) < 4.78 is 1.75. The first-order valence-electron chi connectivity index (χ1n) is 4.60. The highest BCUT2D eigenvalue weighted by Crippen LogP contribution is 2.12. The van der Waals surface area contributed by atoms with Crippen LogP contribution in [-0.4, -0.2) is 26.1 Å². The molecular formula is C9H13N5. The summed E-state index contributed by atoms with van der Waals surface area (Å²) in [4.78, 5) is 8.40. The van der Waals surface area contributed by atoms with Crippen LogP contribution in [0, 0.1) is 13.8 Å². The molecule has 0 aliphatic carbocycles. The quantitative estimate of drug-likeness (QED) is 0.738. The average molecular weight is 191 g/mol. The molecule has 0 fully saturated rings. The monoisotopic (exact) mass is 191 g/mol. The number of aryl methyl sites for hydroxylation is 2. The van der Waals surface area contributed by atoms with Gasteiger partial charge in [-0.3, -0.25) is 0 Å². The SMILES string of the molecule is Cc1nc2ncnn2c(C)c1CCN. The first-order chi connectivity index (χ1) is 6.74. The average Bonchev–Trinajstić information content (AvgIpc) is 2.60. The van der Waals surface area contributed by atoms with Crippen molar-refractivity contribution in [1.29, 1.82) is 0 Å². The van der Waals surface area contributed by atoms with E-state index < -0.39 is 0 Å². The van der Waals surface area contributed by atoms with Crippen molar-refractivity contribution in [2.75, 3.05) is 6.54 Å². The Bertz CT molecular complexity index is 459. The minimum Gasteiger partial charge on any atom is -0.330 e. The van der Waals surface area contributed by atoms with E-state index in [1.165, 1.54) is 11.9 Å². The number of aromatic nitrogens is 4. The van der Waals surface area contributed by atoms with Crippen molar-refractivity contribution >= 4 is 5.78 Å². The van der Waals surface area contributed by atoms with Crippen LogP contribution in [0.15, 0.2) is 6.33 Å². The zero-order valence-electron chi connectivity index (χ0n) is 8.36. The second kappa shape index (κ2) is 3.34. The largest absolute Gasteiger partial charge is 0.330 e. The lowest BCUT2D eigenvalue weighted by Crippen LogP contribution is -2.10. The molecule has 0 radical (unpaired) electrons. The maximum atomic E-state index is 5.54. The van der Waals surface area contributed by atoms with Gasteiger partial charge in [-0.2, -0.15) is 10.1 Å². The second-order valence-corrected chi connectivity index (χ2v) is 3.27. The normalized spacial score (nSPS) is 11.1. The van der Waals surface area contributed by atoms with Gasteiger partial charge in [-0.25, -0.2) is 9.50 Å². The number of nitrogens with two attached hydrogens (primary N) is 1. The second-order valence-electron chi connectivity index (χ2n) is 3.27. The van der Waals surface area contributed by atoms with Crippen molar-refractivity contribution in [3.8, 4) is 0 Å². The first-order valence-corrected chi connectivity index (χ1v) is 4.60. The van der Waals surface area contributed by atoms with Crippen LogP contribution in [0.1, 0.15) is 17.0 Å². The van der Waals surface area contributed by atoms with E-state index in [9.17, 15) is 0 Å². The molecule has 2 aromatic heterocycles. The lowest BCUT2D eigenvalue weighted by Gasteiger charge is -2.08. The van der Waals surface area contributed by atoms with Crippen LogP contribution >= 0.6 is 0 Å². The van der Waals surface area contributed by atoms with Gasteiger partial charge in [-0.1, -0.05) is 0 Å². The third-order valence-electron chi connectivity index (χ3n) is 2.38. The molecule has 2 heterocycles. The molecule has 0 aliphatic rings. The molecule has 2 aromatic rings. The third kappa shape index (κ3) is 1.26. The number of nitrogens with zero attached hydrogens (tertiary/aromatic N) is 4. The van der Waals surface area contributed by atoms with Gasteiger partial charge in [-0.15, -0.1) is 0 Å². The van der Waals surface area contributed by atoms with E-state index >= 15 is 0 Å². The van der Waals surface area contributed by atoms with Crippen LogP contribution < -0.4 is 5.73 Å². The summed E-state index contributed by atoms with van der Waals surface area (Å²) in [6.45, 7) is 4.62. The molecule has 2 N–H and O–H groups in total. The maximum absolute atomic E-state index is 5.54. The molecule has 0 amide bonds. The molecule has 0 bridgehead atoms. The van der Waals surface area contributed by atoms with E-state index in [2.05, 4.69) is 15.1 Å². The Morgan fingerprint density at radius 2 is 2.21 bits per heavy atom. The standard InChI is InChI=1S/C9H13N5/c1-6-8(3-4-10)7(2)14-9(13-6)11-5-12-14/h5H,3-4,10H2,1-2H3. The summed E-state index contributed by atoms with van der Waals surface area (Å²) in [6.07, 6.45) is 2.35. The topological polar surface area (TPSA) is 69.1 Å². The van der Waals surface area contributed by atoms with Crippen LogP contribution in [0.5, 0.6) is 0 Å². The maximum Gasteiger partial charge on any atom is 0.252 e. The highest BCUT2D eigenvalue weighted by molar-refractivity contribution is 5.35. The molecule has 0 unspecified atom stereocenters. The fourth-order valence-corrected chi connectivity index (χ4v) is 1.66. The van der Waals surface area contributed by atoms with Crippen LogP contribution in [0.4, 0.5) is 0 Å². The molecule has 74 valence electrons. The lowest BCUT2D eigenvalue weighted by atomic mass is 10.1. The predicted molar refractivity (Wildman–Crippen MR) is 53.0 cm³/mol. The number of hydrogen-bond donors (Lipinski definition) is 1. The number of fused-ring (bicyclic) bond motifs is 1. The van der Waals surface area contributed by atoms with Crippen molar-refractivity contribution in [3.05, 3.63) is 23.3 Å². The summed E-state index contributed by atoms with van der Waals surface area (Å²) in [6, 6.07) is 0. The van der Waals surface area contributed by atoms with E-state index in [1.54, 1.807) is 4.52 Å². The van der Waals surface area contributed by atoms with Gasteiger partial charge < -0.3 is 5.73 Å². The summed E-state index contributed by atoms with van der Waals surface area (Å²) in [5, 5.41) is 4.10. The fourth-order valence-electron chi connectivity index (χ4n) is 1.66. The molecule has 2 rings (SSSR count). The predicted octanol–water partition coefficient (Wildman–Crippen LogP) is 0.242. The Morgan fingerprint density at radius 3 is 2.93 bits per heavy atom. The highest BCUT2D eigenvalue weighted by Gasteiger charge is 2.09. The zero-order chi connectivity index (χ0) is 10.1. The van der Waals surface area contributed by atoms with E-state index in [-0.39, 0.29) is 0 Å². The van der Waals surface area contributed by atoms with E-state index in [0.717, 1.165) is 17.8 Å². The van der Waals surface area contributed by atoms with Crippen molar-refractivity contribution in [3.63, 3.8) is 0 Å². The molecule has 5 nitrogen and oxygen atoms in total. The zero-order valence-corrected chi connectivity index (χ0v) is 8.36. The van der Waals surface area contributed by atoms with Gasteiger partial charge in [0.1, 0.15) is 6.33 Å². The Morgan fingerprint density at radius 1 is 1.43 bits per heavy atom. The third-order valence-corrected chi connectivity index (χ3v) is 2.38. The minimum atomic E-state index is 0.629. The lowest BCUT2D eigenvalue weighted by molar-refractivity contribution is 0.830. The first kappa shape index (κ1) is 9.08. The summed E-state index contributed by atoms with van der Waals surface area (Å²) in [5.74, 6) is 0.653. The molecule has 0 saturated carbocycles. The summed E-state index contributed by atoms with van der Waals surface area (Å²) >= 11 is 0. The van der Waals surface area contributed by atoms with Gasteiger partial charge in [0.25, 0.3) is 5.78 Å². The molecule has 14 heavy (non-hydrogen) atoms. The van der Waals surface area contributed by atoms with Gasteiger partial charge in [0.05, 0.1) is 0 Å². The van der Waals surface area contributed by atoms with Crippen LogP contribution in [0.3, 0.4) is 0 Å². The Hall–Kier alpha value is -1.49. The Kier molecular flexibility index (Phi) is 2.17. The van der Waals surface area contributed by atoms with Gasteiger partial charge in [0.15, 0.2) is 0 Å². The highest BCUT2D eigenvalue weighted by atomic mass is 15.3. The minimum absolute atomic E-state index is 0.629.